The summed E-state index contributed by atoms with van der Waals surface area (Å²) in [6, 6.07) is 8.45. The minimum atomic E-state index is -0.862. The molecule has 218 valence electrons. The smallest absolute Gasteiger partial charge is 0.340 e. The number of aromatic nitrogens is 1. The van der Waals surface area contributed by atoms with Gasteiger partial charge in [-0.15, -0.1) is 11.3 Å². The molecule has 0 saturated heterocycles. The van der Waals surface area contributed by atoms with Gasteiger partial charge in [0, 0.05) is 34.0 Å². The quantitative estimate of drug-likeness (QED) is 0.296. The van der Waals surface area contributed by atoms with Crippen molar-refractivity contribution in [1.82, 2.24) is 4.98 Å². The molecule has 1 aliphatic rings. The van der Waals surface area contributed by atoms with Crippen molar-refractivity contribution in [1.29, 1.82) is 0 Å². The summed E-state index contributed by atoms with van der Waals surface area (Å²) < 4.78 is 22.3. The van der Waals surface area contributed by atoms with Crippen LogP contribution in [0.3, 0.4) is 0 Å². The highest BCUT2D eigenvalue weighted by Gasteiger charge is 2.35. The average Bonchev–Trinajstić information content (AvgIpc) is 3.19. The molecule has 3 aromatic rings. The van der Waals surface area contributed by atoms with E-state index in [1.54, 1.807) is 11.3 Å². The minimum Gasteiger partial charge on any atom is -0.464 e. The Hall–Kier alpha value is -2.81. The van der Waals surface area contributed by atoms with Crippen LogP contribution in [0.4, 0.5) is 0 Å². The normalized spacial score (nSPS) is 14.2. The van der Waals surface area contributed by atoms with Crippen LogP contribution in [0.5, 0.6) is 0 Å². The van der Waals surface area contributed by atoms with Gasteiger partial charge in [-0.05, 0) is 79.9 Å². The standard InChI is InChI=1S/C26H31NO4S.C6H12O2/c1-7-30-25(28)23(31-26(4,5)6)20-16(3)27-24-22(18-12-13-29-14-19(18)32-24)21(20)17-10-8-15(2)9-11-17;1-5(7)8-6(2,3)4/h8-11,23H,7,12-14H2,1-6H3;1-4H3. The van der Waals surface area contributed by atoms with Gasteiger partial charge in [0.2, 0.25) is 0 Å². The minimum absolute atomic E-state index is 0.225. The molecule has 1 aromatic carbocycles. The molecule has 0 saturated carbocycles. The second kappa shape index (κ2) is 12.8. The van der Waals surface area contributed by atoms with E-state index in [0.29, 0.717) is 19.8 Å². The summed E-state index contributed by atoms with van der Waals surface area (Å²) >= 11 is 1.68. The summed E-state index contributed by atoms with van der Waals surface area (Å²) in [7, 11) is 0. The van der Waals surface area contributed by atoms with Gasteiger partial charge < -0.3 is 18.9 Å². The number of thiophene rings is 1. The Labute approximate surface area is 242 Å². The molecular weight excluding hydrogens is 526 g/mol. The first-order valence-corrected chi connectivity index (χ1v) is 14.6. The molecule has 0 amide bonds. The number of hydrogen-bond donors (Lipinski definition) is 0. The lowest BCUT2D eigenvalue weighted by atomic mass is 9.89. The fourth-order valence-electron chi connectivity index (χ4n) is 4.65. The van der Waals surface area contributed by atoms with Crippen molar-refractivity contribution in [3.8, 4) is 11.1 Å². The van der Waals surface area contributed by atoms with E-state index in [1.807, 2.05) is 55.4 Å². The summed E-state index contributed by atoms with van der Waals surface area (Å²) in [6.45, 7) is 20.2. The zero-order valence-electron chi connectivity index (χ0n) is 25.5. The van der Waals surface area contributed by atoms with Gasteiger partial charge in [-0.2, -0.15) is 0 Å². The van der Waals surface area contributed by atoms with Crippen molar-refractivity contribution in [3.05, 3.63) is 51.5 Å². The Kier molecular flexibility index (Phi) is 10.1. The van der Waals surface area contributed by atoms with E-state index < -0.39 is 11.7 Å². The van der Waals surface area contributed by atoms with Crippen LogP contribution in [-0.2, 0) is 41.6 Å². The number of hydrogen-bond acceptors (Lipinski definition) is 8. The third-order valence-corrected chi connectivity index (χ3v) is 7.10. The van der Waals surface area contributed by atoms with Crippen molar-refractivity contribution in [3.63, 3.8) is 0 Å². The first-order valence-electron chi connectivity index (χ1n) is 13.7. The summed E-state index contributed by atoms with van der Waals surface area (Å²) in [5.41, 5.74) is 5.26. The largest absolute Gasteiger partial charge is 0.464 e. The average molecular weight is 570 g/mol. The molecule has 1 unspecified atom stereocenters. The van der Waals surface area contributed by atoms with E-state index in [0.717, 1.165) is 39.0 Å². The van der Waals surface area contributed by atoms with E-state index in [2.05, 4.69) is 31.2 Å². The fraction of sp³-hybridized carbons (Fsp3) is 0.531. The molecule has 1 atom stereocenters. The lowest BCUT2D eigenvalue weighted by molar-refractivity contribution is -0.166. The predicted octanol–water partition coefficient (Wildman–Crippen LogP) is 7.42. The number of pyridine rings is 1. The van der Waals surface area contributed by atoms with Crippen molar-refractivity contribution >= 4 is 33.5 Å². The van der Waals surface area contributed by atoms with Gasteiger partial charge in [-0.1, -0.05) is 29.8 Å². The fourth-order valence-corrected chi connectivity index (χ4v) is 5.86. The summed E-state index contributed by atoms with van der Waals surface area (Å²) in [4.78, 5) is 30.6. The van der Waals surface area contributed by atoms with Crippen LogP contribution >= 0.6 is 11.3 Å². The molecule has 0 spiro atoms. The Morgan fingerprint density at radius 1 is 1.05 bits per heavy atom. The zero-order chi connectivity index (χ0) is 29.8. The molecule has 3 heterocycles. The van der Waals surface area contributed by atoms with E-state index in [-0.39, 0.29) is 17.5 Å². The van der Waals surface area contributed by atoms with Crippen molar-refractivity contribution in [2.75, 3.05) is 13.2 Å². The van der Waals surface area contributed by atoms with Crippen LogP contribution in [0, 0.1) is 13.8 Å². The van der Waals surface area contributed by atoms with Gasteiger partial charge in [0.05, 0.1) is 25.4 Å². The maximum absolute atomic E-state index is 13.2. The number of esters is 2. The van der Waals surface area contributed by atoms with Crippen LogP contribution in [0.1, 0.15) is 88.8 Å². The molecule has 0 N–H and O–H groups in total. The van der Waals surface area contributed by atoms with Crippen LogP contribution in [0.15, 0.2) is 24.3 Å². The SMILES string of the molecule is CC(=O)OC(C)(C)C.CCOC(=O)C(OC(C)(C)C)c1c(C)nc2sc3c(c2c1-c1ccc(C)cc1)CCOC3. The topological polar surface area (TPSA) is 84.0 Å². The lowest BCUT2D eigenvalue weighted by Gasteiger charge is -2.29. The number of aryl methyl sites for hydroxylation is 2. The number of rotatable bonds is 5. The molecule has 7 nitrogen and oxygen atoms in total. The van der Waals surface area contributed by atoms with Crippen LogP contribution < -0.4 is 0 Å². The van der Waals surface area contributed by atoms with Gasteiger partial charge in [-0.25, -0.2) is 9.78 Å². The Balaban J connectivity index is 0.000000482. The summed E-state index contributed by atoms with van der Waals surface area (Å²) in [6.07, 6.45) is -0.0266. The maximum atomic E-state index is 13.2. The van der Waals surface area contributed by atoms with Gasteiger partial charge in [-0.3, -0.25) is 4.79 Å². The highest BCUT2D eigenvalue weighted by atomic mass is 32.1. The van der Waals surface area contributed by atoms with Gasteiger partial charge in [0.25, 0.3) is 0 Å². The summed E-state index contributed by atoms with van der Waals surface area (Å²) in [5, 5.41) is 1.12. The number of nitrogens with zero attached hydrogens (tertiary/aromatic N) is 1. The first-order chi connectivity index (χ1) is 18.6. The van der Waals surface area contributed by atoms with E-state index in [1.165, 1.54) is 22.9 Å². The predicted molar refractivity (Wildman–Crippen MR) is 160 cm³/mol. The van der Waals surface area contributed by atoms with Gasteiger partial charge in [0.1, 0.15) is 10.4 Å². The Morgan fingerprint density at radius 2 is 1.70 bits per heavy atom. The van der Waals surface area contributed by atoms with Crippen LogP contribution in [0.25, 0.3) is 21.3 Å². The molecule has 0 bridgehead atoms. The van der Waals surface area contributed by atoms with Crippen molar-refractivity contribution < 1.29 is 28.5 Å². The second-order valence-electron chi connectivity index (χ2n) is 11.9. The number of carbonyl (C=O) groups is 2. The number of fused-ring (bicyclic) bond motifs is 3. The van der Waals surface area contributed by atoms with Crippen molar-refractivity contribution in [2.24, 2.45) is 0 Å². The Bertz CT molecular complexity index is 1350. The molecule has 0 radical (unpaired) electrons. The van der Waals surface area contributed by atoms with E-state index in [4.69, 9.17) is 23.9 Å². The maximum Gasteiger partial charge on any atom is 0.340 e. The van der Waals surface area contributed by atoms with Crippen LogP contribution in [-0.4, -0.2) is 41.3 Å². The third-order valence-electron chi connectivity index (χ3n) is 6.00. The monoisotopic (exact) mass is 569 g/mol. The molecule has 4 rings (SSSR count). The molecule has 1 aliphatic heterocycles. The van der Waals surface area contributed by atoms with Crippen molar-refractivity contribution in [2.45, 2.75) is 99.6 Å². The van der Waals surface area contributed by atoms with Crippen LogP contribution in [0.2, 0.25) is 0 Å². The van der Waals surface area contributed by atoms with Gasteiger partial charge in [0.15, 0.2) is 6.10 Å². The number of benzene rings is 1. The van der Waals surface area contributed by atoms with E-state index in [9.17, 15) is 9.59 Å². The lowest BCUT2D eigenvalue weighted by Crippen LogP contribution is -2.30. The number of carbonyl (C=O) groups excluding carboxylic acids is 2. The Morgan fingerprint density at radius 3 is 2.23 bits per heavy atom. The molecule has 2 aromatic heterocycles. The first kappa shape index (κ1) is 31.7. The molecular formula is C32H43NO6S. The molecule has 40 heavy (non-hydrogen) atoms. The number of ether oxygens (including phenoxy) is 4. The highest BCUT2D eigenvalue weighted by Crippen LogP contribution is 2.45. The molecule has 0 aliphatic carbocycles. The van der Waals surface area contributed by atoms with Gasteiger partial charge >= 0.3 is 11.9 Å². The molecule has 8 heteroatoms. The summed E-state index contributed by atoms with van der Waals surface area (Å²) in [5.74, 6) is -0.607. The molecule has 0 fully saturated rings. The highest BCUT2D eigenvalue weighted by molar-refractivity contribution is 7.19. The van der Waals surface area contributed by atoms with E-state index >= 15 is 0 Å². The second-order valence-corrected chi connectivity index (χ2v) is 13.0. The third kappa shape index (κ3) is 8.12. The zero-order valence-corrected chi connectivity index (χ0v) is 26.3.